The molecule has 2 fully saturated rings. The first-order valence-corrected chi connectivity index (χ1v) is 13.7. The maximum Gasteiger partial charge on any atom is 0.0931 e. The number of likely N-dealkylation sites (tertiary alicyclic amines) is 2. The largest absolute Gasteiger partial charge is 0.393 e. The number of aliphatic hydroxyl groups excluding tert-OH is 1. The predicted molar refractivity (Wildman–Crippen MR) is 150 cm³/mol. The van der Waals surface area contributed by atoms with Crippen LogP contribution in [0, 0.1) is 11.8 Å². The second kappa shape index (κ2) is 11.7. The molecular formula is C30H37ClN4O. The van der Waals surface area contributed by atoms with Gasteiger partial charge in [0.25, 0.3) is 0 Å². The Morgan fingerprint density at radius 3 is 2.47 bits per heavy atom. The van der Waals surface area contributed by atoms with Crippen molar-refractivity contribution in [1.29, 1.82) is 0 Å². The third-order valence-corrected chi connectivity index (χ3v) is 8.01. The second-order valence-corrected chi connectivity index (χ2v) is 10.5. The summed E-state index contributed by atoms with van der Waals surface area (Å²) < 4.78 is 2.32. The van der Waals surface area contributed by atoms with Gasteiger partial charge in [-0.15, -0.1) is 0 Å². The summed E-state index contributed by atoms with van der Waals surface area (Å²) in [5.41, 5.74) is 4.76. The van der Waals surface area contributed by atoms with E-state index in [4.69, 9.17) is 11.6 Å². The lowest BCUT2D eigenvalue weighted by molar-refractivity contribution is 0.0376. The summed E-state index contributed by atoms with van der Waals surface area (Å²) in [6, 6.07) is 17.3. The molecule has 0 aliphatic carbocycles. The molecule has 0 saturated carbocycles. The Morgan fingerprint density at radius 1 is 1.00 bits per heavy atom. The van der Waals surface area contributed by atoms with E-state index in [1.165, 1.54) is 29.3 Å². The van der Waals surface area contributed by atoms with Crippen molar-refractivity contribution in [3.05, 3.63) is 64.8 Å². The number of nitrogens with one attached hydrogen (secondary N) is 1. The molecule has 6 heteroatoms. The number of fused-ring (bicyclic) bond motifs is 1. The highest BCUT2D eigenvalue weighted by Crippen LogP contribution is 2.27. The van der Waals surface area contributed by atoms with E-state index in [9.17, 15) is 5.11 Å². The Labute approximate surface area is 220 Å². The fraction of sp³-hybridized carbons (Fsp3) is 0.467. The standard InChI is InChI=1S/C30H37ClN4O/c1-2-35-27(6-4-16-32-25-10-8-24(31)9-11-25)21-29-23(5-3-7-30(29)35)22-33-17-12-26(13-18-33)34-19-14-28(36)15-20-34/h3,5,7-11,21,26,28,32,36H,2,12-20,22H2,1H3. The number of hydrogen-bond donors (Lipinski definition) is 2. The highest BCUT2D eigenvalue weighted by molar-refractivity contribution is 6.30. The van der Waals surface area contributed by atoms with Gasteiger partial charge in [0.1, 0.15) is 0 Å². The minimum Gasteiger partial charge on any atom is -0.393 e. The number of nitrogens with zero attached hydrogens (tertiary/aromatic N) is 3. The van der Waals surface area contributed by atoms with Crippen LogP contribution in [0.5, 0.6) is 0 Å². The zero-order valence-electron chi connectivity index (χ0n) is 21.2. The fourth-order valence-corrected chi connectivity index (χ4v) is 5.84. The second-order valence-electron chi connectivity index (χ2n) is 10.1. The average molecular weight is 505 g/mol. The highest BCUT2D eigenvalue weighted by Gasteiger charge is 2.27. The minimum atomic E-state index is -0.0911. The molecule has 3 aromatic rings. The van der Waals surface area contributed by atoms with Crippen LogP contribution in [-0.4, -0.2) is 64.3 Å². The third-order valence-electron chi connectivity index (χ3n) is 7.76. The average Bonchev–Trinajstić information content (AvgIpc) is 3.27. The molecule has 2 aliphatic heterocycles. The lowest BCUT2D eigenvalue weighted by Crippen LogP contribution is -2.48. The number of benzene rings is 2. The van der Waals surface area contributed by atoms with Gasteiger partial charge in [-0.3, -0.25) is 4.90 Å². The van der Waals surface area contributed by atoms with Gasteiger partial charge in [0.15, 0.2) is 0 Å². The smallest absolute Gasteiger partial charge is 0.0931 e. The minimum absolute atomic E-state index is 0.0911. The van der Waals surface area contributed by atoms with Crippen molar-refractivity contribution in [2.24, 2.45) is 0 Å². The number of halogens is 1. The van der Waals surface area contributed by atoms with Gasteiger partial charge in [-0.2, -0.15) is 0 Å². The molecule has 5 nitrogen and oxygen atoms in total. The first kappa shape index (κ1) is 25.2. The maximum atomic E-state index is 9.82. The van der Waals surface area contributed by atoms with Gasteiger partial charge in [-0.25, -0.2) is 0 Å². The summed E-state index contributed by atoms with van der Waals surface area (Å²) in [6.45, 7) is 9.04. The first-order chi connectivity index (χ1) is 17.6. The number of aryl methyl sites for hydroxylation is 1. The Balaban J connectivity index is 1.23. The van der Waals surface area contributed by atoms with Crippen molar-refractivity contribution < 1.29 is 5.11 Å². The summed E-state index contributed by atoms with van der Waals surface area (Å²) in [5, 5.41) is 15.2. The number of piperidine rings is 2. The van der Waals surface area contributed by atoms with E-state index < -0.39 is 0 Å². The maximum absolute atomic E-state index is 9.82. The molecule has 0 radical (unpaired) electrons. The lowest BCUT2D eigenvalue weighted by atomic mass is 9.98. The molecule has 3 heterocycles. The van der Waals surface area contributed by atoms with Crippen LogP contribution in [-0.2, 0) is 13.1 Å². The normalized spacial score (nSPS) is 18.3. The zero-order chi connectivity index (χ0) is 24.9. The number of anilines is 1. The van der Waals surface area contributed by atoms with E-state index in [1.54, 1.807) is 0 Å². The molecular weight excluding hydrogens is 468 g/mol. The van der Waals surface area contributed by atoms with Crippen LogP contribution in [0.2, 0.25) is 5.02 Å². The van der Waals surface area contributed by atoms with Crippen molar-refractivity contribution in [2.75, 3.05) is 38.0 Å². The fourth-order valence-electron chi connectivity index (χ4n) is 5.71. The Hall–Kier alpha value is -2.49. The van der Waals surface area contributed by atoms with Crippen molar-refractivity contribution in [3.8, 4) is 11.8 Å². The van der Waals surface area contributed by atoms with Crippen LogP contribution in [0.15, 0.2) is 48.5 Å². The lowest BCUT2D eigenvalue weighted by Gasteiger charge is -2.41. The van der Waals surface area contributed by atoms with Crippen molar-refractivity contribution in [2.45, 2.75) is 57.8 Å². The monoisotopic (exact) mass is 504 g/mol. The molecule has 2 aliphatic rings. The Morgan fingerprint density at radius 2 is 1.75 bits per heavy atom. The molecule has 2 aromatic carbocycles. The molecule has 0 amide bonds. The zero-order valence-corrected chi connectivity index (χ0v) is 22.0. The summed E-state index contributed by atoms with van der Waals surface area (Å²) in [6.07, 6.45) is 4.21. The number of aromatic nitrogens is 1. The van der Waals surface area contributed by atoms with Gasteiger partial charge in [0.2, 0.25) is 0 Å². The van der Waals surface area contributed by atoms with Crippen LogP contribution in [0.1, 0.15) is 43.9 Å². The number of hydrogen-bond acceptors (Lipinski definition) is 4. The topological polar surface area (TPSA) is 43.7 Å². The van der Waals surface area contributed by atoms with E-state index in [0.717, 1.165) is 68.5 Å². The molecule has 2 saturated heterocycles. The summed E-state index contributed by atoms with van der Waals surface area (Å²) >= 11 is 5.97. The van der Waals surface area contributed by atoms with E-state index >= 15 is 0 Å². The van der Waals surface area contributed by atoms with Crippen LogP contribution in [0.25, 0.3) is 10.9 Å². The van der Waals surface area contributed by atoms with Crippen LogP contribution >= 0.6 is 11.6 Å². The molecule has 36 heavy (non-hydrogen) atoms. The molecule has 0 spiro atoms. The molecule has 190 valence electrons. The van der Waals surface area contributed by atoms with Gasteiger partial charge in [-0.05, 0) is 93.6 Å². The molecule has 0 unspecified atom stereocenters. The summed E-state index contributed by atoms with van der Waals surface area (Å²) in [4.78, 5) is 5.22. The molecule has 1 aromatic heterocycles. The molecule has 0 atom stereocenters. The first-order valence-electron chi connectivity index (χ1n) is 13.3. The Kier molecular flexibility index (Phi) is 8.19. The van der Waals surface area contributed by atoms with Gasteiger partial charge in [0, 0.05) is 53.8 Å². The number of aliphatic hydroxyl groups is 1. The predicted octanol–water partition coefficient (Wildman–Crippen LogP) is 5.20. The molecule has 0 bridgehead atoms. The van der Waals surface area contributed by atoms with Crippen molar-refractivity contribution in [1.82, 2.24) is 14.4 Å². The van der Waals surface area contributed by atoms with Crippen LogP contribution < -0.4 is 5.32 Å². The van der Waals surface area contributed by atoms with E-state index in [0.29, 0.717) is 12.6 Å². The third kappa shape index (κ3) is 5.90. The van der Waals surface area contributed by atoms with E-state index in [2.05, 4.69) is 62.7 Å². The van der Waals surface area contributed by atoms with Crippen molar-refractivity contribution >= 4 is 28.2 Å². The quantitative estimate of drug-likeness (QED) is 0.453. The summed E-state index contributed by atoms with van der Waals surface area (Å²) in [5.74, 6) is 6.69. The van der Waals surface area contributed by atoms with Gasteiger partial charge in [-0.1, -0.05) is 29.7 Å². The highest BCUT2D eigenvalue weighted by atomic mass is 35.5. The summed E-state index contributed by atoms with van der Waals surface area (Å²) in [7, 11) is 0. The van der Waals surface area contributed by atoms with Gasteiger partial charge >= 0.3 is 0 Å². The van der Waals surface area contributed by atoms with Gasteiger partial charge < -0.3 is 19.9 Å². The number of rotatable bonds is 6. The van der Waals surface area contributed by atoms with E-state index in [-0.39, 0.29) is 6.10 Å². The Bertz CT molecular complexity index is 1210. The van der Waals surface area contributed by atoms with Gasteiger partial charge in [0.05, 0.1) is 18.3 Å². The van der Waals surface area contributed by atoms with Crippen molar-refractivity contribution in [3.63, 3.8) is 0 Å². The van der Waals surface area contributed by atoms with Crippen LogP contribution in [0.3, 0.4) is 0 Å². The molecule has 2 N–H and O–H groups in total. The molecule has 5 rings (SSSR count). The van der Waals surface area contributed by atoms with Crippen LogP contribution in [0.4, 0.5) is 5.69 Å². The van der Waals surface area contributed by atoms with E-state index in [1.807, 2.05) is 24.3 Å². The SMILES string of the molecule is CCn1c(C#CCNc2ccc(Cl)cc2)cc2c(CN3CCC(N4CCC(O)CC4)CC3)cccc21.